The van der Waals surface area contributed by atoms with Crippen molar-refractivity contribution in [1.82, 2.24) is 4.98 Å². The van der Waals surface area contributed by atoms with Crippen LogP contribution in [-0.4, -0.2) is 10.9 Å². The fourth-order valence-electron chi connectivity index (χ4n) is 2.28. The first-order chi connectivity index (χ1) is 11.6. The number of nitrogens with one attached hydrogen (secondary N) is 2. The van der Waals surface area contributed by atoms with Gasteiger partial charge in [0.15, 0.2) is 0 Å². The molecule has 120 valence electrons. The van der Waals surface area contributed by atoms with Gasteiger partial charge in [-0.2, -0.15) is 0 Å². The normalized spacial score (nSPS) is 10.2. The first-order valence-corrected chi connectivity index (χ1v) is 7.47. The number of aryl methyl sites for hydroxylation is 1. The molecule has 24 heavy (non-hydrogen) atoms. The zero-order valence-corrected chi connectivity index (χ0v) is 13.1. The highest BCUT2D eigenvalue weighted by atomic mass is 19.1. The van der Waals surface area contributed by atoms with Gasteiger partial charge in [-0.05, 0) is 61.0 Å². The van der Waals surface area contributed by atoms with Gasteiger partial charge in [-0.3, -0.25) is 4.79 Å². The van der Waals surface area contributed by atoms with Gasteiger partial charge < -0.3 is 10.6 Å². The molecule has 0 aliphatic carbocycles. The van der Waals surface area contributed by atoms with E-state index in [0.717, 1.165) is 11.3 Å². The number of rotatable bonds is 4. The topological polar surface area (TPSA) is 54.0 Å². The Morgan fingerprint density at radius 3 is 2.54 bits per heavy atom. The number of pyridine rings is 1. The smallest absolute Gasteiger partial charge is 0.259 e. The van der Waals surface area contributed by atoms with Gasteiger partial charge in [-0.25, -0.2) is 9.37 Å². The summed E-state index contributed by atoms with van der Waals surface area (Å²) in [6.45, 7) is 1.99. The second-order valence-corrected chi connectivity index (χ2v) is 5.36. The summed E-state index contributed by atoms with van der Waals surface area (Å²) in [5, 5.41) is 5.89. The number of amides is 1. The van der Waals surface area contributed by atoms with E-state index in [1.807, 2.05) is 31.2 Å². The van der Waals surface area contributed by atoms with Gasteiger partial charge in [0, 0.05) is 17.6 Å². The Bertz CT molecular complexity index is 862. The summed E-state index contributed by atoms with van der Waals surface area (Å²) in [7, 11) is 0. The lowest BCUT2D eigenvalue weighted by Gasteiger charge is -2.11. The van der Waals surface area contributed by atoms with Crippen molar-refractivity contribution in [2.24, 2.45) is 0 Å². The zero-order valence-electron chi connectivity index (χ0n) is 13.1. The van der Waals surface area contributed by atoms with Gasteiger partial charge in [0.1, 0.15) is 11.6 Å². The van der Waals surface area contributed by atoms with Crippen LogP contribution in [0.1, 0.15) is 15.9 Å². The standard InChI is InChI=1S/C19H16FN3O/c1-13-4-2-5-16(12-13)22-18-17(6-3-11-21-18)19(24)23-15-9-7-14(20)8-10-15/h2-12H,1H3,(H,21,22)(H,23,24). The van der Waals surface area contributed by atoms with E-state index in [-0.39, 0.29) is 11.7 Å². The average molecular weight is 321 g/mol. The lowest BCUT2D eigenvalue weighted by atomic mass is 10.2. The van der Waals surface area contributed by atoms with Crippen molar-refractivity contribution in [2.75, 3.05) is 10.6 Å². The van der Waals surface area contributed by atoms with E-state index in [4.69, 9.17) is 0 Å². The Hall–Kier alpha value is -3.21. The Kier molecular flexibility index (Phi) is 4.52. The van der Waals surface area contributed by atoms with E-state index >= 15 is 0 Å². The predicted octanol–water partition coefficient (Wildman–Crippen LogP) is 4.53. The van der Waals surface area contributed by atoms with Crippen LogP contribution in [-0.2, 0) is 0 Å². The number of anilines is 3. The molecular weight excluding hydrogens is 305 g/mol. The van der Waals surface area contributed by atoms with Gasteiger partial charge in [0.2, 0.25) is 0 Å². The molecule has 2 N–H and O–H groups in total. The van der Waals surface area contributed by atoms with Crippen LogP contribution in [0.3, 0.4) is 0 Å². The quantitative estimate of drug-likeness (QED) is 0.742. The van der Waals surface area contributed by atoms with Crippen LogP contribution in [0.25, 0.3) is 0 Å². The summed E-state index contributed by atoms with van der Waals surface area (Å²) in [6.07, 6.45) is 1.62. The van der Waals surface area contributed by atoms with E-state index < -0.39 is 0 Å². The molecule has 0 unspecified atom stereocenters. The Morgan fingerprint density at radius 2 is 1.79 bits per heavy atom. The molecule has 1 heterocycles. The summed E-state index contributed by atoms with van der Waals surface area (Å²) in [4.78, 5) is 16.7. The highest BCUT2D eigenvalue weighted by Gasteiger charge is 2.13. The molecule has 0 aliphatic rings. The number of halogens is 1. The Balaban J connectivity index is 1.83. The highest BCUT2D eigenvalue weighted by molar-refractivity contribution is 6.07. The van der Waals surface area contributed by atoms with E-state index in [2.05, 4.69) is 15.6 Å². The minimum atomic E-state index is -0.351. The molecule has 0 saturated heterocycles. The Labute approximate surface area is 139 Å². The van der Waals surface area contributed by atoms with Gasteiger partial charge >= 0.3 is 0 Å². The minimum absolute atomic E-state index is 0.315. The van der Waals surface area contributed by atoms with Crippen molar-refractivity contribution in [3.8, 4) is 0 Å². The highest BCUT2D eigenvalue weighted by Crippen LogP contribution is 2.20. The molecule has 0 saturated carbocycles. The Morgan fingerprint density at radius 1 is 1.00 bits per heavy atom. The third kappa shape index (κ3) is 3.76. The molecule has 3 rings (SSSR count). The number of nitrogens with zero attached hydrogens (tertiary/aromatic N) is 1. The summed E-state index contributed by atoms with van der Waals surface area (Å²) >= 11 is 0. The molecule has 0 aliphatic heterocycles. The predicted molar refractivity (Wildman–Crippen MR) is 93.1 cm³/mol. The molecule has 0 radical (unpaired) electrons. The molecule has 5 heteroatoms. The molecule has 4 nitrogen and oxygen atoms in total. The number of carbonyl (C=O) groups is 1. The van der Waals surface area contributed by atoms with E-state index in [1.165, 1.54) is 24.3 Å². The number of hydrogen-bond donors (Lipinski definition) is 2. The van der Waals surface area contributed by atoms with Crippen LogP contribution in [0.15, 0.2) is 66.9 Å². The van der Waals surface area contributed by atoms with Gasteiger partial charge in [-0.15, -0.1) is 0 Å². The van der Waals surface area contributed by atoms with E-state index in [0.29, 0.717) is 17.1 Å². The summed E-state index contributed by atoms with van der Waals surface area (Å²) < 4.78 is 13.0. The van der Waals surface area contributed by atoms with Crippen molar-refractivity contribution >= 4 is 23.1 Å². The summed E-state index contributed by atoms with van der Waals surface area (Å²) in [5.74, 6) is -0.205. The zero-order chi connectivity index (χ0) is 16.9. The van der Waals surface area contributed by atoms with Crippen molar-refractivity contribution in [1.29, 1.82) is 0 Å². The number of carbonyl (C=O) groups excluding carboxylic acids is 1. The van der Waals surface area contributed by atoms with Gasteiger partial charge in [0.05, 0.1) is 5.56 Å². The fourth-order valence-corrected chi connectivity index (χ4v) is 2.28. The molecule has 0 fully saturated rings. The van der Waals surface area contributed by atoms with Crippen LogP contribution >= 0.6 is 0 Å². The SMILES string of the molecule is Cc1cccc(Nc2ncccc2C(=O)Nc2ccc(F)cc2)c1. The van der Waals surface area contributed by atoms with Crippen molar-refractivity contribution in [3.63, 3.8) is 0 Å². The fraction of sp³-hybridized carbons (Fsp3) is 0.0526. The molecule has 0 bridgehead atoms. The maximum absolute atomic E-state index is 13.0. The van der Waals surface area contributed by atoms with Crippen LogP contribution in [0.4, 0.5) is 21.6 Å². The minimum Gasteiger partial charge on any atom is -0.340 e. The third-order valence-corrected chi connectivity index (χ3v) is 3.44. The molecule has 0 spiro atoms. The second kappa shape index (κ2) is 6.91. The van der Waals surface area contributed by atoms with E-state index in [1.54, 1.807) is 18.3 Å². The maximum atomic E-state index is 13.0. The van der Waals surface area contributed by atoms with Gasteiger partial charge in [0.25, 0.3) is 5.91 Å². The number of hydrogen-bond acceptors (Lipinski definition) is 3. The average Bonchev–Trinajstić information content (AvgIpc) is 2.57. The molecule has 2 aromatic carbocycles. The molecule has 1 aromatic heterocycles. The molecule has 3 aromatic rings. The second-order valence-electron chi connectivity index (χ2n) is 5.36. The maximum Gasteiger partial charge on any atom is 0.259 e. The van der Waals surface area contributed by atoms with Crippen LogP contribution in [0.5, 0.6) is 0 Å². The molecular formula is C19H16FN3O. The summed E-state index contributed by atoms with van der Waals surface area (Å²) in [6, 6.07) is 16.8. The monoisotopic (exact) mass is 321 g/mol. The van der Waals surface area contributed by atoms with Crippen LogP contribution < -0.4 is 10.6 Å². The summed E-state index contributed by atoms with van der Waals surface area (Å²) in [5.41, 5.74) is 2.88. The van der Waals surface area contributed by atoms with Crippen molar-refractivity contribution < 1.29 is 9.18 Å². The molecule has 0 atom stereocenters. The lowest BCUT2D eigenvalue weighted by Crippen LogP contribution is -2.14. The van der Waals surface area contributed by atoms with Crippen LogP contribution in [0.2, 0.25) is 0 Å². The number of benzene rings is 2. The van der Waals surface area contributed by atoms with Crippen LogP contribution in [0, 0.1) is 12.7 Å². The lowest BCUT2D eigenvalue weighted by molar-refractivity contribution is 0.102. The first-order valence-electron chi connectivity index (χ1n) is 7.47. The van der Waals surface area contributed by atoms with Crippen molar-refractivity contribution in [3.05, 3.63) is 83.8 Å². The van der Waals surface area contributed by atoms with Gasteiger partial charge in [-0.1, -0.05) is 12.1 Å². The first kappa shape index (κ1) is 15.7. The van der Waals surface area contributed by atoms with Crippen molar-refractivity contribution in [2.45, 2.75) is 6.92 Å². The largest absolute Gasteiger partial charge is 0.340 e. The number of aromatic nitrogens is 1. The molecule has 1 amide bonds. The third-order valence-electron chi connectivity index (χ3n) is 3.44. The van der Waals surface area contributed by atoms with E-state index in [9.17, 15) is 9.18 Å².